The van der Waals surface area contributed by atoms with Crippen molar-refractivity contribution in [3.8, 4) is 0 Å². The van der Waals surface area contributed by atoms with E-state index in [0.29, 0.717) is 11.9 Å². The summed E-state index contributed by atoms with van der Waals surface area (Å²) >= 11 is 0. The minimum Gasteiger partial charge on any atom is -0.373 e. The van der Waals surface area contributed by atoms with E-state index < -0.39 is 0 Å². The topological polar surface area (TPSA) is 61.9 Å². The van der Waals surface area contributed by atoms with E-state index >= 15 is 0 Å². The van der Waals surface area contributed by atoms with Crippen LogP contribution in [0.2, 0.25) is 0 Å². The summed E-state index contributed by atoms with van der Waals surface area (Å²) in [7, 11) is 1.87. The Kier molecular flexibility index (Phi) is 3.98. The first-order valence-electron chi connectivity index (χ1n) is 7.68. The van der Waals surface area contributed by atoms with Gasteiger partial charge in [-0.05, 0) is 43.5 Å². The molecule has 0 spiro atoms. The van der Waals surface area contributed by atoms with Crippen LogP contribution in [-0.4, -0.2) is 30.1 Å². The molecule has 0 saturated carbocycles. The highest BCUT2D eigenvalue weighted by atomic mass is 15.1. The van der Waals surface area contributed by atoms with Gasteiger partial charge in [-0.2, -0.15) is 4.98 Å². The van der Waals surface area contributed by atoms with E-state index in [-0.39, 0.29) is 0 Å². The first kappa shape index (κ1) is 14.8. The maximum Gasteiger partial charge on any atom is 0.229 e. The van der Waals surface area contributed by atoms with Crippen LogP contribution >= 0.6 is 0 Å². The van der Waals surface area contributed by atoms with Gasteiger partial charge in [0.1, 0.15) is 5.82 Å². The van der Waals surface area contributed by atoms with Crippen molar-refractivity contribution in [1.29, 1.82) is 0 Å². The van der Waals surface area contributed by atoms with Gasteiger partial charge < -0.3 is 16.0 Å². The fraction of sp³-hybridized carbons (Fsp3) is 0.412. The molecule has 0 aliphatic carbocycles. The lowest BCUT2D eigenvalue weighted by atomic mass is 9.88. The minimum absolute atomic E-state index is 0.621. The zero-order valence-electron chi connectivity index (χ0n) is 13.6. The predicted molar refractivity (Wildman–Crippen MR) is 91.1 cm³/mol. The number of anilines is 3. The second-order valence-electron chi connectivity index (χ2n) is 5.98. The smallest absolute Gasteiger partial charge is 0.229 e. The maximum absolute atomic E-state index is 4.50. The number of nitrogens with one attached hydrogen (secondary N) is 3. The molecule has 1 aromatic heterocycles. The van der Waals surface area contributed by atoms with Crippen LogP contribution < -0.4 is 16.0 Å². The van der Waals surface area contributed by atoms with Crippen LogP contribution in [0, 0.1) is 20.8 Å². The summed E-state index contributed by atoms with van der Waals surface area (Å²) in [4.78, 5) is 8.86. The fourth-order valence-electron chi connectivity index (χ4n) is 2.80. The number of nitrogens with zero attached hydrogens (tertiary/aromatic N) is 2. The molecule has 1 aliphatic rings. The van der Waals surface area contributed by atoms with Crippen molar-refractivity contribution in [3.63, 3.8) is 0 Å². The standard InChI is InChI=1S/C17H23N5/c1-10-6-15(11(2)5-14(10)13-8-19-9-13)21-17-20-7-12(3)16(18-4)22-17/h5-7,13,19H,8-9H2,1-4H3,(H2,18,20,21,22). The molecule has 2 aromatic rings. The van der Waals surface area contributed by atoms with Crippen molar-refractivity contribution in [1.82, 2.24) is 15.3 Å². The first-order valence-corrected chi connectivity index (χ1v) is 7.68. The molecule has 5 heteroatoms. The van der Waals surface area contributed by atoms with Gasteiger partial charge in [-0.1, -0.05) is 6.07 Å². The highest BCUT2D eigenvalue weighted by molar-refractivity contribution is 5.62. The van der Waals surface area contributed by atoms with Crippen molar-refractivity contribution >= 4 is 17.5 Å². The third-order valence-electron chi connectivity index (χ3n) is 4.29. The van der Waals surface area contributed by atoms with Crippen LogP contribution in [-0.2, 0) is 0 Å². The van der Waals surface area contributed by atoms with Crippen molar-refractivity contribution in [3.05, 3.63) is 40.6 Å². The highest BCUT2D eigenvalue weighted by Crippen LogP contribution is 2.29. The van der Waals surface area contributed by atoms with Crippen LogP contribution in [0.4, 0.5) is 17.5 Å². The van der Waals surface area contributed by atoms with E-state index in [4.69, 9.17) is 0 Å². The molecule has 0 unspecified atom stereocenters. The lowest BCUT2D eigenvalue weighted by Gasteiger charge is -2.29. The zero-order chi connectivity index (χ0) is 15.7. The summed E-state index contributed by atoms with van der Waals surface area (Å²) in [5, 5.41) is 9.76. The Balaban J connectivity index is 1.87. The molecule has 0 radical (unpaired) electrons. The van der Waals surface area contributed by atoms with Gasteiger partial charge in [0.25, 0.3) is 0 Å². The van der Waals surface area contributed by atoms with Gasteiger partial charge in [-0.15, -0.1) is 0 Å². The second kappa shape index (κ2) is 5.93. The molecule has 1 aliphatic heterocycles. The van der Waals surface area contributed by atoms with Gasteiger partial charge >= 0.3 is 0 Å². The van der Waals surface area contributed by atoms with Crippen LogP contribution in [0.5, 0.6) is 0 Å². The molecule has 5 nitrogen and oxygen atoms in total. The Hall–Kier alpha value is -2.14. The summed E-state index contributed by atoms with van der Waals surface area (Å²) in [6.45, 7) is 8.46. The van der Waals surface area contributed by atoms with Gasteiger partial charge in [0.15, 0.2) is 0 Å². The Morgan fingerprint density at radius 2 is 1.86 bits per heavy atom. The number of aryl methyl sites for hydroxylation is 3. The van der Waals surface area contributed by atoms with Crippen molar-refractivity contribution in [2.45, 2.75) is 26.7 Å². The summed E-state index contributed by atoms with van der Waals surface area (Å²) < 4.78 is 0. The molecule has 3 rings (SSSR count). The monoisotopic (exact) mass is 297 g/mol. The number of rotatable bonds is 4. The molecule has 22 heavy (non-hydrogen) atoms. The molecule has 3 N–H and O–H groups in total. The van der Waals surface area contributed by atoms with E-state index in [0.717, 1.165) is 30.2 Å². The predicted octanol–water partition coefficient (Wildman–Crippen LogP) is 2.87. The van der Waals surface area contributed by atoms with E-state index in [1.165, 1.54) is 16.7 Å². The third kappa shape index (κ3) is 2.76. The Labute approximate surface area is 131 Å². The van der Waals surface area contributed by atoms with E-state index in [1.54, 1.807) is 0 Å². The summed E-state index contributed by atoms with van der Waals surface area (Å²) in [6.07, 6.45) is 1.83. The Bertz CT molecular complexity index is 692. The summed E-state index contributed by atoms with van der Waals surface area (Å²) in [6, 6.07) is 4.49. The first-order chi connectivity index (χ1) is 10.6. The maximum atomic E-state index is 4.50. The lowest BCUT2D eigenvalue weighted by molar-refractivity contribution is 0.447. The molecule has 116 valence electrons. The van der Waals surface area contributed by atoms with Crippen molar-refractivity contribution in [2.24, 2.45) is 0 Å². The molecule has 2 heterocycles. The van der Waals surface area contributed by atoms with Gasteiger partial charge in [0.2, 0.25) is 5.95 Å². The quantitative estimate of drug-likeness (QED) is 0.810. The van der Waals surface area contributed by atoms with Gasteiger partial charge in [-0.25, -0.2) is 4.98 Å². The molecule has 1 saturated heterocycles. The lowest BCUT2D eigenvalue weighted by Crippen LogP contribution is -2.40. The number of aromatic nitrogens is 2. The minimum atomic E-state index is 0.621. The van der Waals surface area contributed by atoms with Crippen LogP contribution in [0.1, 0.15) is 28.2 Å². The Morgan fingerprint density at radius 3 is 2.50 bits per heavy atom. The van der Waals surface area contributed by atoms with Crippen molar-refractivity contribution < 1.29 is 0 Å². The van der Waals surface area contributed by atoms with Crippen LogP contribution in [0.25, 0.3) is 0 Å². The molecule has 1 aromatic carbocycles. The number of benzene rings is 1. The molecule has 0 bridgehead atoms. The molecular weight excluding hydrogens is 274 g/mol. The van der Waals surface area contributed by atoms with Gasteiger partial charge in [0.05, 0.1) is 0 Å². The van der Waals surface area contributed by atoms with Crippen LogP contribution in [0.15, 0.2) is 18.3 Å². The van der Waals surface area contributed by atoms with E-state index in [2.05, 4.69) is 51.9 Å². The summed E-state index contributed by atoms with van der Waals surface area (Å²) in [5.41, 5.74) is 6.10. The fourth-order valence-corrected chi connectivity index (χ4v) is 2.80. The molecular formula is C17H23N5. The molecule has 1 fully saturated rings. The number of hydrogen-bond donors (Lipinski definition) is 3. The summed E-state index contributed by atoms with van der Waals surface area (Å²) in [5.74, 6) is 2.12. The van der Waals surface area contributed by atoms with E-state index in [1.807, 2.05) is 20.2 Å². The number of hydrogen-bond acceptors (Lipinski definition) is 5. The third-order valence-corrected chi connectivity index (χ3v) is 4.29. The van der Waals surface area contributed by atoms with Crippen molar-refractivity contribution in [2.75, 3.05) is 30.8 Å². The molecule has 0 atom stereocenters. The Morgan fingerprint density at radius 1 is 1.09 bits per heavy atom. The highest BCUT2D eigenvalue weighted by Gasteiger charge is 2.21. The largest absolute Gasteiger partial charge is 0.373 e. The van der Waals surface area contributed by atoms with Gasteiger partial charge in [-0.3, -0.25) is 0 Å². The molecule has 0 amide bonds. The zero-order valence-corrected chi connectivity index (χ0v) is 13.6. The van der Waals surface area contributed by atoms with Gasteiger partial charge in [0, 0.05) is 43.5 Å². The SMILES string of the molecule is CNc1nc(Nc2cc(C)c(C3CNC3)cc2C)ncc1C. The average Bonchev–Trinajstić information content (AvgIpc) is 2.44. The van der Waals surface area contributed by atoms with E-state index in [9.17, 15) is 0 Å². The normalized spacial score (nSPS) is 14.5. The second-order valence-corrected chi connectivity index (χ2v) is 5.98. The average molecular weight is 297 g/mol. The van der Waals surface area contributed by atoms with Crippen LogP contribution in [0.3, 0.4) is 0 Å².